The van der Waals surface area contributed by atoms with Gasteiger partial charge in [0.25, 0.3) is 5.91 Å². The average Bonchev–Trinajstić information content (AvgIpc) is 2.90. The van der Waals surface area contributed by atoms with E-state index >= 15 is 0 Å². The highest BCUT2D eigenvalue weighted by atomic mass is 32.2. The molecule has 0 radical (unpaired) electrons. The number of carbonyl (C=O) groups excluding carboxylic acids is 1. The van der Waals surface area contributed by atoms with E-state index < -0.39 is 5.82 Å². The number of benzene rings is 1. The molecule has 2 rings (SSSR count). The van der Waals surface area contributed by atoms with E-state index in [-0.39, 0.29) is 17.6 Å². The van der Waals surface area contributed by atoms with Crippen LogP contribution < -0.4 is 5.32 Å². The molecule has 1 N–H and O–H groups in total. The molecule has 0 aliphatic carbocycles. The molecule has 1 aromatic carbocycles. The summed E-state index contributed by atoms with van der Waals surface area (Å²) < 4.78 is 13.6. The number of hydrogen-bond donors (Lipinski definition) is 1. The lowest BCUT2D eigenvalue weighted by Gasteiger charge is -2.24. The maximum Gasteiger partial charge on any atom is 0.256 e. The first-order valence-electron chi connectivity index (χ1n) is 5.96. The van der Waals surface area contributed by atoms with E-state index in [1.54, 1.807) is 31.1 Å². The van der Waals surface area contributed by atoms with E-state index in [0.29, 0.717) is 5.56 Å². The Morgan fingerprint density at radius 1 is 1.56 bits per heavy atom. The van der Waals surface area contributed by atoms with Crippen molar-refractivity contribution in [1.82, 2.24) is 4.90 Å². The summed E-state index contributed by atoms with van der Waals surface area (Å²) in [5.41, 5.74) is 0.678. The van der Waals surface area contributed by atoms with E-state index in [4.69, 9.17) is 0 Å². The minimum Gasteiger partial charge on any atom is -0.385 e. The zero-order chi connectivity index (χ0) is 13.1. The van der Waals surface area contributed by atoms with Crippen LogP contribution in [0.3, 0.4) is 0 Å². The number of anilines is 1. The van der Waals surface area contributed by atoms with Gasteiger partial charge in [0.1, 0.15) is 5.82 Å². The zero-order valence-electron chi connectivity index (χ0n) is 10.6. The Morgan fingerprint density at radius 2 is 2.33 bits per heavy atom. The number of nitrogens with zero attached hydrogens (tertiary/aromatic N) is 1. The van der Waals surface area contributed by atoms with Crippen LogP contribution in [0.5, 0.6) is 0 Å². The van der Waals surface area contributed by atoms with Crippen LogP contribution >= 0.6 is 11.8 Å². The lowest BCUT2D eigenvalue weighted by Crippen LogP contribution is -2.37. The van der Waals surface area contributed by atoms with E-state index in [9.17, 15) is 9.18 Å². The molecular weight excluding hydrogens is 251 g/mol. The number of thioether (sulfide) groups is 1. The summed E-state index contributed by atoms with van der Waals surface area (Å²) in [5, 5.41) is 2.76. The average molecular weight is 268 g/mol. The molecule has 1 amide bonds. The Bertz CT molecular complexity index is 447. The van der Waals surface area contributed by atoms with Gasteiger partial charge in [-0.3, -0.25) is 4.79 Å². The molecular formula is C13H17FN2OS. The first-order chi connectivity index (χ1) is 8.65. The monoisotopic (exact) mass is 268 g/mol. The highest BCUT2D eigenvalue weighted by Gasteiger charge is 2.26. The predicted octanol–water partition coefficient (Wildman–Crippen LogP) is 2.44. The van der Waals surface area contributed by atoms with Crippen LogP contribution in [0.25, 0.3) is 0 Å². The standard InChI is InChI=1S/C13H17FN2OS/c1-15-12-10(4-3-5-11(12)14)13(17)16(2)9-6-7-18-8-9/h3-5,9,15H,6-8H2,1-2H3. The molecule has 1 aliphatic rings. The molecule has 0 saturated carbocycles. The fourth-order valence-corrected chi connectivity index (χ4v) is 3.41. The molecule has 1 aliphatic heterocycles. The first-order valence-corrected chi connectivity index (χ1v) is 7.11. The van der Waals surface area contributed by atoms with Crippen LogP contribution in [0.2, 0.25) is 0 Å². The highest BCUT2D eigenvalue weighted by molar-refractivity contribution is 7.99. The van der Waals surface area contributed by atoms with Crippen LogP contribution in [-0.2, 0) is 0 Å². The third kappa shape index (κ3) is 2.46. The summed E-state index contributed by atoms with van der Waals surface area (Å²) in [6.45, 7) is 0. The maximum absolute atomic E-state index is 13.6. The maximum atomic E-state index is 13.6. The Hall–Kier alpha value is -1.23. The number of halogens is 1. The summed E-state index contributed by atoms with van der Waals surface area (Å²) in [4.78, 5) is 14.1. The van der Waals surface area contributed by atoms with Gasteiger partial charge in [-0.25, -0.2) is 4.39 Å². The molecule has 0 spiro atoms. The van der Waals surface area contributed by atoms with Crippen molar-refractivity contribution in [1.29, 1.82) is 0 Å². The van der Waals surface area contributed by atoms with Crippen LogP contribution in [0.4, 0.5) is 10.1 Å². The highest BCUT2D eigenvalue weighted by Crippen LogP contribution is 2.25. The lowest BCUT2D eigenvalue weighted by atomic mass is 10.1. The van der Waals surface area contributed by atoms with Crippen molar-refractivity contribution in [3.05, 3.63) is 29.6 Å². The molecule has 1 saturated heterocycles. The molecule has 1 unspecified atom stereocenters. The molecule has 0 bridgehead atoms. The lowest BCUT2D eigenvalue weighted by molar-refractivity contribution is 0.0748. The van der Waals surface area contributed by atoms with Gasteiger partial charge in [-0.05, 0) is 24.3 Å². The van der Waals surface area contributed by atoms with Crippen molar-refractivity contribution in [3.8, 4) is 0 Å². The van der Waals surface area contributed by atoms with Crippen molar-refractivity contribution in [2.75, 3.05) is 30.9 Å². The zero-order valence-corrected chi connectivity index (χ0v) is 11.4. The molecule has 5 heteroatoms. The second kappa shape index (κ2) is 5.61. The van der Waals surface area contributed by atoms with Crippen molar-refractivity contribution in [2.24, 2.45) is 0 Å². The summed E-state index contributed by atoms with van der Waals surface area (Å²) in [6.07, 6.45) is 1.01. The second-order valence-corrected chi connectivity index (χ2v) is 5.50. The SMILES string of the molecule is CNc1c(F)cccc1C(=O)N(C)C1CCSC1. The molecule has 98 valence electrons. The van der Waals surface area contributed by atoms with Crippen LogP contribution in [0, 0.1) is 5.82 Å². The fraction of sp³-hybridized carbons (Fsp3) is 0.462. The van der Waals surface area contributed by atoms with Crippen molar-refractivity contribution < 1.29 is 9.18 Å². The van der Waals surface area contributed by atoms with Gasteiger partial charge in [0.2, 0.25) is 0 Å². The van der Waals surface area contributed by atoms with Gasteiger partial charge < -0.3 is 10.2 Å². The van der Waals surface area contributed by atoms with Gasteiger partial charge in [0.15, 0.2) is 0 Å². The second-order valence-electron chi connectivity index (χ2n) is 4.35. The molecule has 1 fully saturated rings. The summed E-state index contributed by atoms with van der Waals surface area (Å²) in [7, 11) is 3.42. The summed E-state index contributed by atoms with van der Waals surface area (Å²) >= 11 is 1.85. The molecule has 0 aromatic heterocycles. The Balaban J connectivity index is 2.25. The predicted molar refractivity (Wildman–Crippen MR) is 73.8 cm³/mol. The van der Waals surface area contributed by atoms with Crippen LogP contribution in [0.1, 0.15) is 16.8 Å². The van der Waals surface area contributed by atoms with Gasteiger partial charge in [-0.15, -0.1) is 0 Å². The summed E-state index contributed by atoms with van der Waals surface area (Å²) in [6, 6.07) is 4.85. The van der Waals surface area contributed by atoms with Gasteiger partial charge in [-0.2, -0.15) is 11.8 Å². The Morgan fingerprint density at radius 3 is 2.94 bits per heavy atom. The van der Waals surface area contributed by atoms with Gasteiger partial charge >= 0.3 is 0 Å². The normalized spacial score (nSPS) is 18.7. The third-order valence-corrected chi connectivity index (χ3v) is 4.41. The summed E-state index contributed by atoms with van der Waals surface area (Å²) in [5.74, 6) is 1.54. The minimum absolute atomic E-state index is 0.119. The van der Waals surface area contributed by atoms with E-state index in [1.807, 2.05) is 11.8 Å². The number of amides is 1. The number of nitrogens with one attached hydrogen (secondary N) is 1. The van der Waals surface area contributed by atoms with Gasteiger partial charge in [0, 0.05) is 25.9 Å². The van der Waals surface area contributed by atoms with E-state index in [0.717, 1.165) is 17.9 Å². The largest absolute Gasteiger partial charge is 0.385 e. The fourth-order valence-electron chi connectivity index (χ4n) is 2.14. The molecule has 3 nitrogen and oxygen atoms in total. The Kier molecular flexibility index (Phi) is 4.11. The number of carbonyl (C=O) groups is 1. The van der Waals surface area contributed by atoms with E-state index in [2.05, 4.69) is 5.32 Å². The van der Waals surface area contributed by atoms with Crippen LogP contribution in [-0.4, -0.2) is 42.4 Å². The number of para-hydroxylation sites is 1. The van der Waals surface area contributed by atoms with Crippen LogP contribution in [0.15, 0.2) is 18.2 Å². The smallest absolute Gasteiger partial charge is 0.256 e. The molecule has 1 atom stereocenters. The molecule has 1 heterocycles. The Labute approximate surface area is 111 Å². The van der Waals surface area contributed by atoms with Crippen molar-refractivity contribution in [2.45, 2.75) is 12.5 Å². The number of rotatable bonds is 3. The minimum atomic E-state index is -0.391. The quantitative estimate of drug-likeness (QED) is 0.914. The third-order valence-electron chi connectivity index (χ3n) is 3.27. The number of hydrogen-bond acceptors (Lipinski definition) is 3. The van der Waals surface area contributed by atoms with Gasteiger partial charge in [-0.1, -0.05) is 6.07 Å². The molecule has 1 aromatic rings. The molecule has 18 heavy (non-hydrogen) atoms. The van der Waals surface area contributed by atoms with E-state index in [1.165, 1.54) is 6.07 Å². The van der Waals surface area contributed by atoms with Crippen molar-refractivity contribution >= 4 is 23.4 Å². The topological polar surface area (TPSA) is 32.3 Å². The first kappa shape index (κ1) is 13.2. The van der Waals surface area contributed by atoms with Gasteiger partial charge in [0.05, 0.1) is 11.3 Å². The van der Waals surface area contributed by atoms with Crippen molar-refractivity contribution in [3.63, 3.8) is 0 Å².